The van der Waals surface area contributed by atoms with Crippen LogP contribution in [0, 0.1) is 18.4 Å². The Labute approximate surface area is 193 Å². The van der Waals surface area contributed by atoms with Gasteiger partial charge in [0.2, 0.25) is 5.78 Å². The number of hydrogen-bond donors (Lipinski definition) is 0. The van der Waals surface area contributed by atoms with E-state index < -0.39 is 5.54 Å². The molecule has 0 saturated heterocycles. The van der Waals surface area contributed by atoms with Gasteiger partial charge in [0, 0.05) is 44.8 Å². The Morgan fingerprint density at radius 2 is 1.28 bits per heavy atom. The van der Waals surface area contributed by atoms with E-state index in [1.54, 1.807) is 6.92 Å². The van der Waals surface area contributed by atoms with Crippen LogP contribution in [0.4, 0.5) is 0 Å². The molecular weight excluding hydrogens is 414 g/mol. The van der Waals surface area contributed by atoms with Crippen LogP contribution in [-0.2, 0) is 33.3 Å². The first-order chi connectivity index (χ1) is 15.1. The largest absolute Gasteiger partial charge is 0.379 e. The van der Waals surface area contributed by atoms with Gasteiger partial charge in [-0.25, -0.2) is 6.57 Å². The van der Waals surface area contributed by atoms with Crippen molar-refractivity contribution in [3.63, 3.8) is 0 Å². The molecule has 184 valence electrons. The summed E-state index contributed by atoms with van der Waals surface area (Å²) in [6.45, 7) is 18.8. The van der Waals surface area contributed by atoms with E-state index in [9.17, 15) is 14.4 Å². The highest BCUT2D eigenvalue weighted by Crippen LogP contribution is 2.24. The van der Waals surface area contributed by atoms with Gasteiger partial charge in [-0.3, -0.25) is 14.4 Å². The van der Waals surface area contributed by atoms with Gasteiger partial charge in [-0.05, 0) is 12.8 Å². The second kappa shape index (κ2) is 17.8. The second-order valence-electron chi connectivity index (χ2n) is 8.53. The lowest BCUT2D eigenvalue weighted by Crippen LogP contribution is -2.37. The summed E-state index contributed by atoms with van der Waals surface area (Å²) in [7, 11) is 0. The van der Waals surface area contributed by atoms with Gasteiger partial charge >= 0.3 is 0 Å². The van der Waals surface area contributed by atoms with Crippen molar-refractivity contribution in [2.24, 2.45) is 11.8 Å². The summed E-state index contributed by atoms with van der Waals surface area (Å²) < 4.78 is 21.3. The number of ketones is 3. The number of Topliss-reactive ketones (excluding diaryl/α,β-unsaturated/α-hetero) is 3. The van der Waals surface area contributed by atoms with E-state index in [0.717, 1.165) is 0 Å². The van der Waals surface area contributed by atoms with E-state index in [0.29, 0.717) is 65.3 Å². The molecule has 0 saturated carbocycles. The van der Waals surface area contributed by atoms with E-state index in [-0.39, 0.29) is 42.4 Å². The van der Waals surface area contributed by atoms with Crippen molar-refractivity contribution in [1.82, 2.24) is 0 Å². The van der Waals surface area contributed by atoms with E-state index in [2.05, 4.69) is 4.85 Å². The Kier molecular flexibility index (Phi) is 16.9. The molecule has 8 nitrogen and oxygen atoms in total. The van der Waals surface area contributed by atoms with Crippen LogP contribution in [0.5, 0.6) is 0 Å². The normalized spacial score (nSPS) is 13.2. The van der Waals surface area contributed by atoms with E-state index in [1.807, 2.05) is 27.7 Å². The fourth-order valence-electron chi connectivity index (χ4n) is 2.51. The van der Waals surface area contributed by atoms with Crippen LogP contribution in [0.3, 0.4) is 0 Å². The molecule has 0 aromatic heterocycles. The van der Waals surface area contributed by atoms with Gasteiger partial charge in [0.25, 0.3) is 5.54 Å². The first-order valence-corrected chi connectivity index (χ1v) is 11.4. The number of carbonyl (C=O) groups is 3. The lowest BCUT2D eigenvalue weighted by atomic mass is 9.83. The summed E-state index contributed by atoms with van der Waals surface area (Å²) in [5.74, 6) is -0.0204. The monoisotopic (exact) mass is 455 g/mol. The highest BCUT2D eigenvalue weighted by molar-refractivity contribution is 5.90. The Bertz CT molecular complexity index is 598. The number of rotatable bonds is 21. The maximum atomic E-state index is 12.2. The number of hydrogen-bond acceptors (Lipinski definition) is 7. The van der Waals surface area contributed by atoms with Crippen LogP contribution < -0.4 is 0 Å². The van der Waals surface area contributed by atoms with Crippen LogP contribution in [0.15, 0.2) is 0 Å². The summed E-state index contributed by atoms with van der Waals surface area (Å²) >= 11 is 0. The molecule has 0 heterocycles. The number of nitrogens with zero attached hydrogens (tertiary/aromatic N) is 1. The minimum atomic E-state index is -0.962. The molecule has 8 heteroatoms. The first-order valence-electron chi connectivity index (χ1n) is 11.4. The molecule has 32 heavy (non-hydrogen) atoms. The minimum Gasteiger partial charge on any atom is -0.379 e. The molecule has 0 aliphatic carbocycles. The third-order valence-corrected chi connectivity index (χ3v) is 5.25. The first kappa shape index (κ1) is 30.3. The molecule has 1 unspecified atom stereocenters. The predicted octanol–water partition coefficient (Wildman–Crippen LogP) is 3.31. The molecule has 0 radical (unpaired) electrons. The second-order valence-corrected chi connectivity index (χ2v) is 8.53. The number of ether oxygens (including phenoxy) is 4. The van der Waals surface area contributed by atoms with Gasteiger partial charge in [0.1, 0.15) is 13.2 Å². The van der Waals surface area contributed by atoms with E-state index in [4.69, 9.17) is 25.5 Å². The summed E-state index contributed by atoms with van der Waals surface area (Å²) in [4.78, 5) is 38.9. The Morgan fingerprint density at radius 1 is 0.781 bits per heavy atom. The zero-order valence-electron chi connectivity index (χ0n) is 20.4. The van der Waals surface area contributed by atoms with Crippen LogP contribution in [0.1, 0.15) is 60.3 Å². The molecule has 1 atom stereocenters. The average Bonchev–Trinajstić information content (AvgIpc) is 2.75. The van der Waals surface area contributed by atoms with Crippen molar-refractivity contribution in [2.45, 2.75) is 65.8 Å². The Morgan fingerprint density at radius 3 is 1.78 bits per heavy atom. The topological polar surface area (TPSA) is 92.5 Å². The molecule has 0 rings (SSSR count). The fraction of sp³-hybridized carbons (Fsp3) is 0.833. The summed E-state index contributed by atoms with van der Waals surface area (Å²) in [5.41, 5.74) is -0.962. The quantitative estimate of drug-likeness (QED) is 0.194. The van der Waals surface area contributed by atoms with Crippen LogP contribution in [0.25, 0.3) is 4.85 Å². The lowest BCUT2D eigenvalue weighted by molar-refractivity contribution is -0.127. The van der Waals surface area contributed by atoms with Crippen molar-refractivity contribution >= 4 is 17.3 Å². The molecule has 0 aliphatic rings. The minimum absolute atomic E-state index is 0.00471. The third kappa shape index (κ3) is 13.7. The maximum absolute atomic E-state index is 12.2. The Balaban J connectivity index is 3.53. The molecule has 0 aromatic rings. The lowest BCUT2D eigenvalue weighted by Gasteiger charge is -2.19. The van der Waals surface area contributed by atoms with Gasteiger partial charge in [0.15, 0.2) is 11.6 Å². The smallest absolute Gasteiger partial charge is 0.289 e. The summed E-state index contributed by atoms with van der Waals surface area (Å²) in [5, 5.41) is 0. The molecular formula is C24H41NO7. The molecule has 0 spiro atoms. The van der Waals surface area contributed by atoms with E-state index >= 15 is 0 Å². The SMILES string of the molecule is [C-]#[N+]C(C)(C(=O)CCCOCCOCC(=O)CCCOCCOCC(=O)C(C)C)C(C)C. The van der Waals surface area contributed by atoms with Crippen LogP contribution in [0.2, 0.25) is 0 Å². The zero-order chi connectivity index (χ0) is 24.4. The van der Waals surface area contributed by atoms with Crippen molar-refractivity contribution in [1.29, 1.82) is 0 Å². The highest BCUT2D eigenvalue weighted by atomic mass is 16.5. The maximum Gasteiger partial charge on any atom is 0.289 e. The average molecular weight is 456 g/mol. The molecule has 0 fully saturated rings. The van der Waals surface area contributed by atoms with Gasteiger partial charge in [-0.1, -0.05) is 27.7 Å². The molecule has 0 amide bonds. The van der Waals surface area contributed by atoms with Crippen LogP contribution in [-0.4, -0.2) is 75.7 Å². The van der Waals surface area contributed by atoms with Crippen molar-refractivity contribution in [2.75, 3.05) is 52.9 Å². The zero-order valence-corrected chi connectivity index (χ0v) is 20.4. The molecule has 0 bridgehead atoms. The molecule has 0 aliphatic heterocycles. The number of carbonyl (C=O) groups excluding carboxylic acids is 3. The Hall–Kier alpha value is -1.66. The fourth-order valence-corrected chi connectivity index (χ4v) is 2.51. The highest BCUT2D eigenvalue weighted by Gasteiger charge is 2.42. The van der Waals surface area contributed by atoms with Gasteiger partial charge in [-0.2, -0.15) is 0 Å². The third-order valence-electron chi connectivity index (χ3n) is 5.25. The molecule has 0 aromatic carbocycles. The van der Waals surface area contributed by atoms with Gasteiger partial charge in [-0.15, -0.1) is 0 Å². The van der Waals surface area contributed by atoms with Crippen molar-refractivity contribution in [3.05, 3.63) is 11.4 Å². The predicted molar refractivity (Wildman–Crippen MR) is 121 cm³/mol. The van der Waals surface area contributed by atoms with Gasteiger partial charge < -0.3 is 23.8 Å². The van der Waals surface area contributed by atoms with E-state index in [1.165, 1.54) is 0 Å². The summed E-state index contributed by atoms with van der Waals surface area (Å²) in [6.07, 6.45) is 1.87. The van der Waals surface area contributed by atoms with Gasteiger partial charge in [0.05, 0.1) is 26.4 Å². The standard InChI is InChI=1S/C24H41NO7/c1-19(2)22(27)18-32-16-14-29-11-7-9-21(26)17-31-15-13-30-12-8-10-23(28)24(5,25-6)20(3)4/h19-20H,7-18H2,1-5H3. The van der Waals surface area contributed by atoms with Crippen molar-refractivity contribution in [3.8, 4) is 0 Å². The van der Waals surface area contributed by atoms with Crippen LogP contribution >= 0.6 is 0 Å². The summed E-state index contributed by atoms with van der Waals surface area (Å²) in [6, 6.07) is 0. The van der Waals surface area contributed by atoms with Crippen molar-refractivity contribution < 1.29 is 33.3 Å². The molecule has 0 N–H and O–H groups in total.